The zero-order chi connectivity index (χ0) is 13.7. The Morgan fingerprint density at radius 3 is 2.21 bits per heavy atom. The molecule has 0 atom stereocenters. The standard InChI is InChI=1S/C15H15BrO3/c1-17-13-4-6-14(7-5-13)19-10-11-9-12(16)3-8-15(11)18-2/h3-9H,10H2,1-2H3. The van der Waals surface area contributed by atoms with E-state index >= 15 is 0 Å². The van der Waals surface area contributed by atoms with Crippen molar-refractivity contribution in [2.75, 3.05) is 14.2 Å². The molecule has 0 spiro atoms. The first-order chi connectivity index (χ1) is 9.22. The van der Waals surface area contributed by atoms with Crippen molar-refractivity contribution in [1.29, 1.82) is 0 Å². The van der Waals surface area contributed by atoms with Gasteiger partial charge in [-0.25, -0.2) is 0 Å². The second-order valence-corrected chi connectivity index (χ2v) is 4.84. The van der Waals surface area contributed by atoms with Crippen molar-refractivity contribution in [3.05, 3.63) is 52.5 Å². The fourth-order valence-corrected chi connectivity index (χ4v) is 2.10. The zero-order valence-electron chi connectivity index (χ0n) is 10.9. The molecule has 0 heterocycles. The van der Waals surface area contributed by atoms with Crippen LogP contribution in [0.3, 0.4) is 0 Å². The summed E-state index contributed by atoms with van der Waals surface area (Å²) in [6.07, 6.45) is 0. The maximum atomic E-state index is 5.73. The third-order valence-corrected chi connectivity index (χ3v) is 3.19. The van der Waals surface area contributed by atoms with Gasteiger partial charge in [0.1, 0.15) is 23.9 Å². The molecule has 0 aliphatic rings. The van der Waals surface area contributed by atoms with E-state index in [2.05, 4.69) is 15.9 Å². The first-order valence-electron chi connectivity index (χ1n) is 5.82. The monoisotopic (exact) mass is 322 g/mol. The first-order valence-corrected chi connectivity index (χ1v) is 6.61. The van der Waals surface area contributed by atoms with Gasteiger partial charge in [0.05, 0.1) is 14.2 Å². The second kappa shape index (κ2) is 6.48. The minimum Gasteiger partial charge on any atom is -0.497 e. The van der Waals surface area contributed by atoms with Gasteiger partial charge in [0.25, 0.3) is 0 Å². The Kier molecular flexibility index (Phi) is 4.68. The van der Waals surface area contributed by atoms with E-state index < -0.39 is 0 Å². The summed E-state index contributed by atoms with van der Waals surface area (Å²) in [6.45, 7) is 0.453. The van der Waals surface area contributed by atoms with Crippen LogP contribution in [0.25, 0.3) is 0 Å². The predicted octanol–water partition coefficient (Wildman–Crippen LogP) is 4.05. The molecule has 2 aromatic rings. The Balaban J connectivity index is 2.07. The summed E-state index contributed by atoms with van der Waals surface area (Å²) >= 11 is 3.44. The molecule has 0 unspecified atom stereocenters. The van der Waals surface area contributed by atoms with Crippen LogP contribution in [0.1, 0.15) is 5.56 Å². The van der Waals surface area contributed by atoms with Crippen molar-refractivity contribution in [2.24, 2.45) is 0 Å². The summed E-state index contributed by atoms with van der Waals surface area (Å²) in [7, 11) is 3.29. The van der Waals surface area contributed by atoms with Gasteiger partial charge in [0.2, 0.25) is 0 Å². The number of hydrogen-bond acceptors (Lipinski definition) is 3. The maximum Gasteiger partial charge on any atom is 0.125 e. The van der Waals surface area contributed by atoms with Gasteiger partial charge in [-0.3, -0.25) is 0 Å². The van der Waals surface area contributed by atoms with Gasteiger partial charge in [0.15, 0.2) is 0 Å². The molecule has 0 saturated heterocycles. The molecule has 0 saturated carbocycles. The first kappa shape index (κ1) is 13.7. The van der Waals surface area contributed by atoms with E-state index in [1.165, 1.54) is 0 Å². The van der Waals surface area contributed by atoms with Crippen LogP contribution in [0.5, 0.6) is 17.2 Å². The molecular formula is C15H15BrO3. The Morgan fingerprint density at radius 1 is 0.895 bits per heavy atom. The smallest absolute Gasteiger partial charge is 0.125 e. The lowest BCUT2D eigenvalue weighted by Gasteiger charge is -2.11. The average molecular weight is 323 g/mol. The lowest BCUT2D eigenvalue weighted by atomic mass is 10.2. The molecule has 0 amide bonds. The van der Waals surface area contributed by atoms with Crippen molar-refractivity contribution >= 4 is 15.9 Å². The second-order valence-electron chi connectivity index (χ2n) is 3.92. The van der Waals surface area contributed by atoms with Crippen LogP contribution >= 0.6 is 15.9 Å². The molecule has 19 heavy (non-hydrogen) atoms. The molecule has 0 radical (unpaired) electrons. The summed E-state index contributed by atoms with van der Waals surface area (Å²) in [5, 5.41) is 0. The van der Waals surface area contributed by atoms with E-state index in [-0.39, 0.29) is 0 Å². The molecule has 100 valence electrons. The lowest BCUT2D eigenvalue weighted by Crippen LogP contribution is -1.98. The highest BCUT2D eigenvalue weighted by atomic mass is 79.9. The van der Waals surface area contributed by atoms with Crippen LogP contribution in [0.15, 0.2) is 46.9 Å². The molecular weight excluding hydrogens is 308 g/mol. The van der Waals surface area contributed by atoms with Gasteiger partial charge in [-0.1, -0.05) is 15.9 Å². The number of benzene rings is 2. The predicted molar refractivity (Wildman–Crippen MR) is 78.0 cm³/mol. The number of methoxy groups -OCH3 is 2. The van der Waals surface area contributed by atoms with E-state index in [4.69, 9.17) is 14.2 Å². The summed E-state index contributed by atoms with van der Waals surface area (Å²) in [5.74, 6) is 2.42. The summed E-state index contributed by atoms with van der Waals surface area (Å²) in [6, 6.07) is 13.3. The van der Waals surface area contributed by atoms with Crippen LogP contribution in [0.4, 0.5) is 0 Å². The van der Waals surface area contributed by atoms with E-state index in [9.17, 15) is 0 Å². The molecule has 0 bridgehead atoms. The Bertz CT molecular complexity index is 538. The van der Waals surface area contributed by atoms with Gasteiger partial charge in [-0.15, -0.1) is 0 Å². The van der Waals surface area contributed by atoms with E-state index in [0.29, 0.717) is 6.61 Å². The normalized spacial score (nSPS) is 10.1. The molecule has 2 rings (SSSR count). The average Bonchev–Trinajstić information content (AvgIpc) is 2.46. The summed E-state index contributed by atoms with van der Waals surface area (Å²) < 4.78 is 17.1. The molecule has 0 aliphatic carbocycles. The zero-order valence-corrected chi connectivity index (χ0v) is 12.4. The van der Waals surface area contributed by atoms with Crippen molar-refractivity contribution in [1.82, 2.24) is 0 Å². The van der Waals surface area contributed by atoms with Gasteiger partial charge < -0.3 is 14.2 Å². The van der Waals surface area contributed by atoms with Gasteiger partial charge in [-0.05, 0) is 42.5 Å². The van der Waals surface area contributed by atoms with Gasteiger partial charge in [0, 0.05) is 10.0 Å². The van der Waals surface area contributed by atoms with Crippen LogP contribution in [-0.4, -0.2) is 14.2 Å². The van der Waals surface area contributed by atoms with Crippen LogP contribution in [0, 0.1) is 0 Å². The summed E-state index contributed by atoms with van der Waals surface area (Å²) in [4.78, 5) is 0. The van der Waals surface area contributed by atoms with Gasteiger partial charge in [-0.2, -0.15) is 0 Å². The van der Waals surface area contributed by atoms with Crippen LogP contribution < -0.4 is 14.2 Å². The van der Waals surface area contributed by atoms with E-state index in [1.54, 1.807) is 14.2 Å². The fourth-order valence-electron chi connectivity index (χ4n) is 1.69. The Labute approximate surface area is 121 Å². The SMILES string of the molecule is COc1ccc(OCc2cc(Br)ccc2OC)cc1. The lowest BCUT2D eigenvalue weighted by molar-refractivity contribution is 0.296. The van der Waals surface area contributed by atoms with Crippen molar-refractivity contribution in [3.63, 3.8) is 0 Å². The highest BCUT2D eigenvalue weighted by molar-refractivity contribution is 9.10. The summed E-state index contributed by atoms with van der Waals surface area (Å²) in [5.41, 5.74) is 0.993. The molecule has 0 N–H and O–H groups in total. The quantitative estimate of drug-likeness (QED) is 0.831. The molecule has 4 heteroatoms. The topological polar surface area (TPSA) is 27.7 Å². The van der Waals surface area contributed by atoms with E-state index in [0.717, 1.165) is 27.3 Å². The fraction of sp³-hybridized carbons (Fsp3) is 0.200. The molecule has 0 aromatic heterocycles. The Hall–Kier alpha value is -1.68. The molecule has 0 aliphatic heterocycles. The maximum absolute atomic E-state index is 5.73. The van der Waals surface area contributed by atoms with E-state index in [1.807, 2.05) is 42.5 Å². The number of rotatable bonds is 5. The number of ether oxygens (including phenoxy) is 3. The van der Waals surface area contributed by atoms with Gasteiger partial charge >= 0.3 is 0 Å². The minimum absolute atomic E-state index is 0.453. The third kappa shape index (κ3) is 3.64. The van der Waals surface area contributed by atoms with Crippen molar-refractivity contribution < 1.29 is 14.2 Å². The largest absolute Gasteiger partial charge is 0.497 e. The molecule has 3 nitrogen and oxygen atoms in total. The number of halogens is 1. The third-order valence-electron chi connectivity index (χ3n) is 2.70. The molecule has 2 aromatic carbocycles. The Morgan fingerprint density at radius 2 is 1.58 bits per heavy atom. The van der Waals surface area contributed by atoms with Crippen molar-refractivity contribution in [3.8, 4) is 17.2 Å². The highest BCUT2D eigenvalue weighted by Crippen LogP contribution is 2.25. The van der Waals surface area contributed by atoms with Crippen LogP contribution in [0.2, 0.25) is 0 Å². The minimum atomic E-state index is 0.453. The van der Waals surface area contributed by atoms with Crippen molar-refractivity contribution in [2.45, 2.75) is 6.61 Å². The highest BCUT2D eigenvalue weighted by Gasteiger charge is 2.05. The molecule has 0 fully saturated rings. The van der Waals surface area contributed by atoms with Crippen LogP contribution in [-0.2, 0) is 6.61 Å². The number of hydrogen-bond donors (Lipinski definition) is 0.